The first kappa shape index (κ1) is 16.9. The van der Waals surface area contributed by atoms with E-state index in [-0.39, 0.29) is 0 Å². The maximum absolute atomic E-state index is 4.44. The molecule has 5 heteroatoms. The van der Waals surface area contributed by atoms with Gasteiger partial charge in [-0.15, -0.1) is 0 Å². The average molecular weight is 305 g/mol. The van der Waals surface area contributed by atoms with Gasteiger partial charge in [0.25, 0.3) is 0 Å². The molecule has 1 N–H and O–H groups in total. The Kier molecular flexibility index (Phi) is 6.31. The van der Waals surface area contributed by atoms with Crippen LogP contribution in [-0.2, 0) is 13.6 Å². The molecule has 2 heterocycles. The van der Waals surface area contributed by atoms with Crippen LogP contribution in [0.5, 0.6) is 0 Å². The van der Waals surface area contributed by atoms with Crippen molar-refractivity contribution in [2.45, 2.75) is 38.8 Å². The third kappa shape index (κ3) is 4.26. The third-order valence-corrected chi connectivity index (χ3v) is 4.67. The number of rotatable bonds is 5. The fourth-order valence-corrected chi connectivity index (χ4v) is 3.28. The van der Waals surface area contributed by atoms with Crippen LogP contribution in [0.15, 0.2) is 23.3 Å². The lowest BCUT2D eigenvalue weighted by molar-refractivity contribution is 0.156. The highest BCUT2D eigenvalue weighted by atomic mass is 15.3. The first-order valence-corrected chi connectivity index (χ1v) is 8.41. The second-order valence-electron chi connectivity index (χ2n) is 6.17. The van der Waals surface area contributed by atoms with Gasteiger partial charge in [0, 0.05) is 45.6 Å². The van der Waals surface area contributed by atoms with Crippen LogP contribution in [0.4, 0.5) is 0 Å². The lowest BCUT2D eigenvalue weighted by Gasteiger charge is -2.35. The van der Waals surface area contributed by atoms with Crippen molar-refractivity contribution in [2.75, 3.05) is 33.7 Å². The number of nitrogens with one attached hydrogen (secondary N) is 1. The molecule has 0 aromatic carbocycles. The minimum atomic E-state index is 0.638. The predicted octanol–water partition coefficient (Wildman–Crippen LogP) is 1.91. The van der Waals surface area contributed by atoms with Crippen LogP contribution in [0, 0.1) is 0 Å². The van der Waals surface area contributed by atoms with E-state index in [4.69, 9.17) is 0 Å². The topological polar surface area (TPSA) is 35.8 Å². The molecule has 124 valence electrons. The Hall–Kier alpha value is -1.49. The van der Waals surface area contributed by atoms with E-state index >= 15 is 0 Å². The maximum Gasteiger partial charge on any atom is 0.193 e. The molecule has 1 saturated heterocycles. The lowest BCUT2D eigenvalue weighted by Crippen LogP contribution is -2.49. The van der Waals surface area contributed by atoms with E-state index in [0.717, 1.165) is 25.6 Å². The highest BCUT2D eigenvalue weighted by Gasteiger charge is 2.21. The molecular weight excluding hydrogens is 274 g/mol. The molecule has 1 aromatic heterocycles. The molecule has 1 aliphatic rings. The van der Waals surface area contributed by atoms with Crippen molar-refractivity contribution in [3.05, 3.63) is 24.0 Å². The van der Waals surface area contributed by atoms with Gasteiger partial charge in [-0.3, -0.25) is 9.89 Å². The van der Waals surface area contributed by atoms with E-state index in [0.29, 0.717) is 6.04 Å². The summed E-state index contributed by atoms with van der Waals surface area (Å²) < 4.78 is 2.16. The van der Waals surface area contributed by atoms with Gasteiger partial charge >= 0.3 is 0 Å². The van der Waals surface area contributed by atoms with E-state index in [1.165, 1.54) is 31.5 Å². The third-order valence-electron chi connectivity index (χ3n) is 4.67. The van der Waals surface area contributed by atoms with Crippen LogP contribution in [0.3, 0.4) is 0 Å². The van der Waals surface area contributed by atoms with Crippen LogP contribution in [0.2, 0.25) is 0 Å². The molecule has 22 heavy (non-hydrogen) atoms. The van der Waals surface area contributed by atoms with Crippen LogP contribution in [-0.4, -0.2) is 60.1 Å². The molecule has 0 amide bonds. The number of hydrogen-bond acceptors (Lipinski definition) is 2. The quantitative estimate of drug-likeness (QED) is 0.667. The molecule has 1 fully saturated rings. The molecule has 1 unspecified atom stereocenters. The standard InChI is InChI=1S/C17H31N5/c1-5-22-12-7-6-9-15(22)13-19-17(18-2)21(4)14-16-10-8-11-20(16)3/h8,10-11,15H,5-7,9,12-14H2,1-4H3,(H,18,19). The van der Waals surface area contributed by atoms with Gasteiger partial charge in [0.05, 0.1) is 6.54 Å². The van der Waals surface area contributed by atoms with Gasteiger partial charge in [0.15, 0.2) is 5.96 Å². The molecule has 0 radical (unpaired) electrons. The zero-order valence-electron chi connectivity index (χ0n) is 14.5. The smallest absolute Gasteiger partial charge is 0.193 e. The van der Waals surface area contributed by atoms with Gasteiger partial charge in [-0.05, 0) is 38.1 Å². The van der Waals surface area contributed by atoms with Crippen LogP contribution >= 0.6 is 0 Å². The number of likely N-dealkylation sites (N-methyl/N-ethyl adjacent to an activating group) is 1. The first-order chi connectivity index (χ1) is 10.7. The summed E-state index contributed by atoms with van der Waals surface area (Å²) in [5, 5.41) is 3.56. The zero-order valence-corrected chi connectivity index (χ0v) is 14.5. The number of hydrogen-bond donors (Lipinski definition) is 1. The fourth-order valence-electron chi connectivity index (χ4n) is 3.28. The summed E-state index contributed by atoms with van der Waals surface area (Å²) in [7, 11) is 6.05. The summed E-state index contributed by atoms with van der Waals surface area (Å²) >= 11 is 0. The van der Waals surface area contributed by atoms with E-state index in [2.05, 4.69) is 64.0 Å². The Labute approximate surface area is 135 Å². The van der Waals surface area contributed by atoms with Gasteiger partial charge in [0.1, 0.15) is 0 Å². The normalized spacial score (nSPS) is 20.2. The number of guanidine groups is 1. The van der Waals surface area contributed by atoms with Crippen molar-refractivity contribution in [3.8, 4) is 0 Å². The number of aromatic nitrogens is 1. The Morgan fingerprint density at radius 3 is 2.91 bits per heavy atom. The van der Waals surface area contributed by atoms with Crippen molar-refractivity contribution >= 4 is 5.96 Å². The molecular formula is C17H31N5. The number of aliphatic imine (C=N–C) groups is 1. The van der Waals surface area contributed by atoms with Gasteiger partial charge in [-0.2, -0.15) is 0 Å². The van der Waals surface area contributed by atoms with Gasteiger partial charge in [-0.25, -0.2) is 0 Å². The fraction of sp³-hybridized carbons (Fsp3) is 0.706. The maximum atomic E-state index is 4.44. The average Bonchev–Trinajstić information content (AvgIpc) is 2.93. The second kappa shape index (κ2) is 8.22. The Balaban J connectivity index is 1.87. The highest BCUT2D eigenvalue weighted by molar-refractivity contribution is 5.79. The SMILES string of the molecule is CCN1CCCCC1CNC(=NC)N(C)Cc1cccn1C. The molecule has 2 rings (SSSR count). The van der Waals surface area contributed by atoms with Gasteiger partial charge in [0.2, 0.25) is 0 Å². The molecule has 1 aliphatic heterocycles. The van der Waals surface area contributed by atoms with Crippen molar-refractivity contribution in [2.24, 2.45) is 12.0 Å². The van der Waals surface area contributed by atoms with Crippen LogP contribution in [0.1, 0.15) is 31.9 Å². The summed E-state index contributed by atoms with van der Waals surface area (Å²) in [6.07, 6.45) is 6.06. The van der Waals surface area contributed by atoms with Gasteiger partial charge < -0.3 is 14.8 Å². The number of piperidine rings is 1. The number of aryl methyl sites for hydroxylation is 1. The van der Waals surface area contributed by atoms with Crippen LogP contribution in [0.25, 0.3) is 0 Å². The molecule has 5 nitrogen and oxygen atoms in total. The van der Waals surface area contributed by atoms with E-state index in [9.17, 15) is 0 Å². The van der Waals surface area contributed by atoms with E-state index in [1.54, 1.807) is 0 Å². The molecule has 0 bridgehead atoms. The summed E-state index contributed by atoms with van der Waals surface area (Å²) in [6, 6.07) is 4.88. The Morgan fingerprint density at radius 2 is 2.27 bits per heavy atom. The summed E-state index contributed by atoms with van der Waals surface area (Å²) in [5.41, 5.74) is 1.29. The molecule has 1 atom stereocenters. The summed E-state index contributed by atoms with van der Waals surface area (Å²) in [5.74, 6) is 0.975. The summed E-state index contributed by atoms with van der Waals surface area (Å²) in [6.45, 7) is 6.49. The largest absolute Gasteiger partial charge is 0.355 e. The number of nitrogens with zero attached hydrogens (tertiary/aromatic N) is 4. The molecule has 0 saturated carbocycles. The lowest BCUT2D eigenvalue weighted by atomic mass is 10.0. The van der Waals surface area contributed by atoms with E-state index in [1.807, 2.05) is 7.05 Å². The monoisotopic (exact) mass is 305 g/mol. The van der Waals surface area contributed by atoms with E-state index < -0.39 is 0 Å². The van der Waals surface area contributed by atoms with Crippen molar-refractivity contribution in [3.63, 3.8) is 0 Å². The number of likely N-dealkylation sites (tertiary alicyclic amines) is 1. The molecule has 1 aromatic rings. The highest BCUT2D eigenvalue weighted by Crippen LogP contribution is 2.15. The predicted molar refractivity (Wildman–Crippen MR) is 93.1 cm³/mol. The minimum Gasteiger partial charge on any atom is -0.355 e. The minimum absolute atomic E-state index is 0.638. The molecule has 0 aliphatic carbocycles. The van der Waals surface area contributed by atoms with Crippen molar-refractivity contribution in [1.29, 1.82) is 0 Å². The van der Waals surface area contributed by atoms with Crippen molar-refractivity contribution in [1.82, 2.24) is 19.7 Å². The van der Waals surface area contributed by atoms with Gasteiger partial charge in [-0.1, -0.05) is 13.3 Å². The second-order valence-corrected chi connectivity index (χ2v) is 6.17. The zero-order chi connectivity index (χ0) is 15.9. The Morgan fingerprint density at radius 1 is 1.45 bits per heavy atom. The molecule has 0 spiro atoms. The summed E-state index contributed by atoms with van der Waals surface area (Å²) in [4.78, 5) is 9.21. The van der Waals surface area contributed by atoms with Crippen LogP contribution < -0.4 is 5.32 Å². The van der Waals surface area contributed by atoms with Crippen molar-refractivity contribution < 1.29 is 0 Å². The Bertz CT molecular complexity index is 479. The first-order valence-electron chi connectivity index (χ1n) is 8.41.